The third-order valence-corrected chi connectivity index (χ3v) is 6.35. The summed E-state index contributed by atoms with van der Waals surface area (Å²) in [6.45, 7) is 5.67. The molecule has 3 fully saturated rings. The maximum atomic E-state index is 12.4. The van der Waals surface area contributed by atoms with Crippen LogP contribution in [0.3, 0.4) is 0 Å². The number of nitrogens with zero attached hydrogens (tertiary/aromatic N) is 2. The molecule has 0 radical (unpaired) electrons. The van der Waals surface area contributed by atoms with Gasteiger partial charge in [-0.1, -0.05) is 0 Å². The summed E-state index contributed by atoms with van der Waals surface area (Å²) in [6, 6.07) is 0.436. The first-order valence-electron chi connectivity index (χ1n) is 9.13. The summed E-state index contributed by atoms with van der Waals surface area (Å²) in [7, 11) is 2.05. The number of hydrogen-bond donors (Lipinski definition) is 2. The van der Waals surface area contributed by atoms with Crippen LogP contribution in [0.15, 0.2) is 0 Å². The third-order valence-electron chi connectivity index (χ3n) is 6.35. The van der Waals surface area contributed by atoms with Gasteiger partial charge >= 0.3 is 12.1 Å². The lowest BCUT2D eigenvalue weighted by Gasteiger charge is -2.49. The predicted molar refractivity (Wildman–Crippen MR) is 91.2 cm³/mol. The van der Waals surface area contributed by atoms with Gasteiger partial charge in [-0.3, -0.25) is 4.79 Å². The lowest BCUT2D eigenvalue weighted by molar-refractivity contribution is -0.179. The molecule has 7 heteroatoms. The minimum absolute atomic E-state index is 0.0108. The van der Waals surface area contributed by atoms with E-state index in [2.05, 4.69) is 11.9 Å². The first-order valence-corrected chi connectivity index (χ1v) is 9.13. The molecule has 3 atom stereocenters. The number of amides is 1. The highest BCUT2D eigenvalue weighted by atomic mass is 16.6. The summed E-state index contributed by atoms with van der Waals surface area (Å²) in [5, 5.41) is 21.5. The SMILES string of the molecule is CN1C2CCC1CC(O)(C1(C(=O)O)CCN(C(=O)OC(C)(C)C)C1)C2. The summed E-state index contributed by atoms with van der Waals surface area (Å²) < 4.78 is 5.39. The molecule has 25 heavy (non-hydrogen) atoms. The van der Waals surface area contributed by atoms with Crippen molar-refractivity contribution in [3.63, 3.8) is 0 Å². The Morgan fingerprint density at radius 3 is 2.20 bits per heavy atom. The van der Waals surface area contributed by atoms with Gasteiger partial charge < -0.3 is 24.7 Å². The monoisotopic (exact) mass is 354 g/mol. The lowest BCUT2D eigenvalue weighted by atomic mass is 9.64. The Morgan fingerprint density at radius 1 is 1.16 bits per heavy atom. The molecule has 3 heterocycles. The van der Waals surface area contributed by atoms with Gasteiger partial charge in [-0.15, -0.1) is 0 Å². The molecule has 3 unspecified atom stereocenters. The van der Waals surface area contributed by atoms with Crippen molar-refractivity contribution in [1.82, 2.24) is 9.80 Å². The van der Waals surface area contributed by atoms with Crippen molar-refractivity contribution in [2.45, 2.75) is 76.2 Å². The largest absolute Gasteiger partial charge is 0.481 e. The highest BCUT2D eigenvalue weighted by Crippen LogP contribution is 2.52. The minimum atomic E-state index is -1.31. The average molecular weight is 354 g/mol. The van der Waals surface area contributed by atoms with E-state index in [-0.39, 0.29) is 25.0 Å². The molecule has 2 bridgehead atoms. The quantitative estimate of drug-likeness (QED) is 0.784. The van der Waals surface area contributed by atoms with Gasteiger partial charge in [-0.05, 0) is 59.9 Å². The Morgan fingerprint density at radius 2 is 1.72 bits per heavy atom. The Kier molecular flexibility index (Phi) is 4.31. The van der Waals surface area contributed by atoms with Gasteiger partial charge in [-0.25, -0.2) is 4.79 Å². The van der Waals surface area contributed by atoms with Gasteiger partial charge in [0.2, 0.25) is 0 Å². The van der Waals surface area contributed by atoms with E-state index in [1.165, 1.54) is 4.90 Å². The van der Waals surface area contributed by atoms with Crippen LogP contribution in [0.1, 0.15) is 52.9 Å². The Hall–Kier alpha value is -1.34. The molecule has 1 amide bonds. The van der Waals surface area contributed by atoms with Crippen LogP contribution < -0.4 is 0 Å². The highest BCUT2D eigenvalue weighted by Gasteiger charge is 2.63. The molecule has 2 N–H and O–H groups in total. The maximum Gasteiger partial charge on any atom is 0.410 e. The summed E-state index contributed by atoms with van der Waals surface area (Å²) in [5.41, 5.74) is -3.23. The number of ether oxygens (including phenoxy) is 1. The van der Waals surface area contributed by atoms with Crippen LogP contribution in [0.2, 0.25) is 0 Å². The number of rotatable bonds is 2. The van der Waals surface area contributed by atoms with Crippen LogP contribution in [0.4, 0.5) is 4.79 Å². The Bertz CT molecular complexity index is 558. The zero-order chi connectivity index (χ0) is 18.6. The molecule has 142 valence electrons. The second-order valence-corrected chi connectivity index (χ2v) is 9.03. The fourth-order valence-electron chi connectivity index (χ4n) is 4.88. The number of aliphatic carboxylic acids is 1. The molecular formula is C18H30N2O5. The van der Waals surface area contributed by atoms with Gasteiger partial charge in [0.05, 0.1) is 5.60 Å². The number of aliphatic hydroxyl groups is 1. The van der Waals surface area contributed by atoms with E-state index in [0.717, 1.165) is 12.8 Å². The van der Waals surface area contributed by atoms with Crippen molar-refractivity contribution >= 4 is 12.1 Å². The van der Waals surface area contributed by atoms with Crippen LogP contribution in [-0.4, -0.2) is 75.5 Å². The molecule has 0 aromatic carbocycles. The lowest BCUT2D eigenvalue weighted by Crippen LogP contribution is -2.62. The van der Waals surface area contributed by atoms with Crippen molar-refractivity contribution in [3.8, 4) is 0 Å². The zero-order valence-corrected chi connectivity index (χ0v) is 15.6. The van der Waals surface area contributed by atoms with Gasteiger partial charge in [-0.2, -0.15) is 0 Å². The van der Waals surface area contributed by atoms with E-state index in [9.17, 15) is 19.8 Å². The average Bonchev–Trinajstić information content (AvgIpc) is 3.01. The van der Waals surface area contributed by atoms with Gasteiger partial charge in [0.25, 0.3) is 0 Å². The summed E-state index contributed by atoms with van der Waals surface area (Å²) >= 11 is 0. The van der Waals surface area contributed by atoms with Gasteiger partial charge in [0, 0.05) is 25.2 Å². The van der Waals surface area contributed by atoms with Crippen molar-refractivity contribution in [2.24, 2.45) is 5.41 Å². The number of fused-ring (bicyclic) bond motifs is 2. The number of carbonyl (C=O) groups is 2. The second-order valence-electron chi connectivity index (χ2n) is 9.03. The summed E-state index contributed by atoms with van der Waals surface area (Å²) in [6.07, 6.45) is 2.66. The van der Waals surface area contributed by atoms with E-state index < -0.39 is 28.7 Å². The van der Waals surface area contributed by atoms with Crippen molar-refractivity contribution in [2.75, 3.05) is 20.1 Å². The smallest absolute Gasteiger partial charge is 0.410 e. The fraction of sp³-hybridized carbons (Fsp3) is 0.889. The Balaban J connectivity index is 1.82. The van der Waals surface area contributed by atoms with Gasteiger partial charge in [0.15, 0.2) is 0 Å². The number of hydrogen-bond acceptors (Lipinski definition) is 5. The summed E-state index contributed by atoms with van der Waals surface area (Å²) in [5.74, 6) is -1.01. The number of carboxylic acids is 1. The van der Waals surface area contributed by atoms with Crippen LogP contribution in [-0.2, 0) is 9.53 Å². The minimum Gasteiger partial charge on any atom is -0.481 e. The zero-order valence-electron chi connectivity index (χ0n) is 15.6. The van der Waals surface area contributed by atoms with Crippen LogP contribution in [0.5, 0.6) is 0 Å². The number of piperidine rings is 1. The maximum absolute atomic E-state index is 12.4. The summed E-state index contributed by atoms with van der Waals surface area (Å²) in [4.78, 5) is 28.3. The standard InChI is InChI=1S/C18H30N2O5/c1-16(2,3)25-15(23)20-8-7-17(11-20,14(21)22)18(24)9-12-5-6-13(10-18)19(12)4/h12-13,24H,5-11H2,1-4H3,(H,21,22). The van der Waals surface area contributed by atoms with E-state index in [0.29, 0.717) is 19.4 Å². The molecule has 0 aromatic rings. The molecule has 0 aromatic heterocycles. The molecular weight excluding hydrogens is 324 g/mol. The molecule has 3 aliphatic heterocycles. The van der Waals surface area contributed by atoms with Crippen LogP contribution in [0, 0.1) is 5.41 Å². The molecule has 3 rings (SSSR count). The number of likely N-dealkylation sites (tertiary alicyclic amines) is 1. The van der Waals surface area contributed by atoms with E-state index in [1.54, 1.807) is 20.8 Å². The fourth-order valence-corrected chi connectivity index (χ4v) is 4.88. The first-order chi connectivity index (χ1) is 11.5. The molecule has 0 aliphatic carbocycles. The molecule has 7 nitrogen and oxygen atoms in total. The molecule has 0 saturated carbocycles. The highest BCUT2D eigenvalue weighted by molar-refractivity contribution is 5.79. The normalized spacial score (nSPS) is 38.8. The van der Waals surface area contributed by atoms with Crippen LogP contribution in [0.25, 0.3) is 0 Å². The van der Waals surface area contributed by atoms with Crippen LogP contribution >= 0.6 is 0 Å². The third kappa shape index (κ3) is 3.01. The second kappa shape index (κ2) is 5.84. The number of carboxylic acid groups (broad SMARTS) is 1. The van der Waals surface area contributed by atoms with Crippen molar-refractivity contribution < 1.29 is 24.5 Å². The number of carbonyl (C=O) groups excluding carboxylic acids is 1. The first kappa shape index (κ1) is 18.5. The van der Waals surface area contributed by atoms with Crippen molar-refractivity contribution in [3.05, 3.63) is 0 Å². The van der Waals surface area contributed by atoms with E-state index in [1.807, 2.05) is 0 Å². The molecule has 0 spiro atoms. The van der Waals surface area contributed by atoms with Gasteiger partial charge in [0.1, 0.15) is 11.0 Å². The Labute approximate surface area is 148 Å². The molecule has 3 aliphatic rings. The molecule has 3 saturated heterocycles. The topological polar surface area (TPSA) is 90.3 Å². The van der Waals surface area contributed by atoms with E-state index >= 15 is 0 Å². The van der Waals surface area contributed by atoms with Crippen molar-refractivity contribution in [1.29, 1.82) is 0 Å². The van der Waals surface area contributed by atoms with E-state index in [4.69, 9.17) is 4.74 Å². The predicted octanol–water partition coefficient (Wildman–Crippen LogP) is 1.69.